The molecule has 1 aromatic heterocycles. The van der Waals surface area contributed by atoms with Gasteiger partial charge in [0.25, 0.3) is 0 Å². The minimum Gasteiger partial charge on any atom is -0.392 e. The molecule has 0 saturated carbocycles. The Morgan fingerprint density at radius 1 is 0.818 bits per heavy atom. The van der Waals surface area contributed by atoms with Gasteiger partial charge in [0, 0.05) is 17.3 Å². The van der Waals surface area contributed by atoms with Gasteiger partial charge in [0.05, 0.1) is 12.3 Å². The topological polar surface area (TPSA) is 33.1 Å². The quantitative estimate of drug-likeness (QED) is 0.786. The Labute approximate surface area is 126 Å². The fourth-order valence-corrected chi connectivity index (χ4v) is 2.30. The van der Waals surface area contributed by atoms with Gasteiger partial charge in [0.2, 0.25) is 0 Å². The van der Waals surface area contributed by atoms with Crippen LogP contribution in [0.4, 0.5) is 8.78 Å². The number of hydrogen-bond donors (Lipinski definition) is 1. The van der Waals surface area contributed by atoms with Crippen LogP contribution in [0.5, 0.6) is 0 Å². The van der Waals surface area contributed by atoms with Gasteiger partial charge < -0.3 is 5.11 Å². The molecule has 2 nitrogen and oxygen atoms in total. The summed E-state index contributed by atoms with van der Waals surface area (Å²) < 4.78 is 26.0. The fourth-order valence-electron chi connectivity index (χ4n) is 2.30. The van der Waals surface area contributed by atoms with Gasteiger partial charge in [0.1, 0.15) is 11.6 Å². The van der Waals surface area contributed by atoms with E-state index in [-0.39, 0.29) is 18.2 Å². The monoisotopic (exact) mass is 297 g/mol. The zero-order chi connectivity index (χ0) is 15.5. The maximum atomic E-state index is 13.0. The molecule has 0 atom stereocenters. The van der Waals surface area contributed by atoms with Gasteiger partial charge in [-0.1, -0.05) is 12.1 Å². The van der Waals surface area contributed by atoms with Crippen molar-refractivity contribution in [2.24, 2.45) is 0 Å². The summed E-state index contributed by atoms with van der Waals surface area (Å²) >= 11 is 0. The highest BCUT2D eigenvalue weighted by Gasteiger charge is 2.09. The van der Waals surface area contributed by atoms with Gasteiger partial charge in [-0.2, -0.15) is 0 Å². The third kappa shape index (κ3) is 2.87. The lowest BCUT2D eigenvalue weighted by molar-refractivity contribution is 0.282. The highest BCUT2D eigenvalue weighted by molar-refractivity contribution is 5.70. The van der Waals surface area contributed by atoms with Gasteiger partial charge in [0.15, 0.2) is 0 Å². The molecule has 2 aromatic carbocycles. The summed E-state index contributed by atoms with van der Waals surface area (Å²) in [6.45, 7) is -0.163. The number of nitrogens with zero attached hydrogens (tertiary/aromatic N) is 1. The highest BCUT2D eigenvalue weighted by atomic mass is 19.1. The second-order valence-corrected chi connectivity index (χ2v) is 4.90. The summed E-state index contributed by atoms with van der Waals surface area (Å²) in [7, 11) is 0. The Balaban J connectivity index is 2.04. The number of aliphatic hydroxyl groups is 1. The van der Waals surface area contributed by atoms with E-state index in [9.17, 15) is 13.9 Å². The smallest absolute Gasteiger partial charge is 0.123 e. The molecular formula is C18H13F2NO. The molecule has 0 bridgehead atoms. The molecule has 0 aliphatic rings. The van der Waals surface area contributed by atoms with Crippen molar-refractivity contribution in [1.82, 2.24) is 4.98 Å². The van der Waals surface area contributed by atoms with Crippen LogP contribution in [0.15, 0.2) is 60.8 Å². The number of benzene rings is 2. The summed E-state index contributed by atoms with van der Waals surface area (Å²) in [5.74, 6) is -0.626. The minimum atomic E-state index is -0.315. The number of rotatable bonds is 3. The van der Waals surface area contributed by atoms with E-state index < -0.39 is 0 Å². The average molecular weight is 297 g/mol. The van der Waals surface area contributed by atoms with E-state index in [4.69, 9.17) is 0 Å². The van der Waals surface area contributed by atoms with E-state index in [0.717, 1.165) is 16.7 Å². The number of aliphatic hydroxyl groups excluding tert-OH is 1. The molecule has 4 heteroatoms. The molecule has 0 aliphatic heterocycles. The molecule has 3 aromatic rings. The Hall–Kier alpha value is -2.59. The van der Waals surface area contributed by atoms with Crippen molar-refractivity contribution in [3.05, 3.63) is 78.0 Å². The van der Waals surface area contributed by atoms with E-state index in [1.165, 1.54) is 24.3 Å². The predicted octanol–water partition coefficient (Wildman–Crippen LogP) is 4.19. The minimum absolute atomic E-state index is 0.163. The number of pyridine rings is 1. The average Bonchev–Trinajstić information content (AvgIpc) is 2.56. The largest absolute Gasteiger partial charge is 0.392 e. The zero-order valence-corrected chi connectivity index (χ0v) is 11.6. The van der Waals surface area contributed by atoms with Gasteiger partial charge >= 0.3 is 0 Å². The van der Waals surface area contributed by atoms with Gasteiger partial charge in [-0.25, -0.2) is 8.78 Å². The fraction of sp³-hybridized carbons (Fsp3) is 0.0556. The van der Waals surface area contributed by atoms with Gasteiger partial charge in [-0.15, -0.1) is 0 Å². The lowest BCUT2D eigenvalue weighted by Crippen LogP contribution is -1.94. The molecule has 1 N–H and O–H groups in total. The van der Waals surface area contributed by atoms with Crippen LogP contribution in [0.3, 0.4) is 0 Å². The SMILES string of the molecule is OCc1cc(-c2ccc(F)cc2)ncc1-c1ccc(F)cc1. The third-order valence-electron chi connectivity index (χ3n) is 3.46. The molecule has 1 heterocycles. The first-order valence-electron chi connectivity index (χ1n) is 6.79. The summed E-state index contributed by atoms with van der Waals surface area (Å²) in [6, 6.07) is 13.8. The van der Waals surface area contributed by atoms with Gasteiger partial charge in [-0.3, -0.25) is 4.98 Å². The summed E-state index contributed by atoms with van der Waals surface area (Å²) in [6.07, 6.45) is 1.64. The molecule has 0 saturated heterocycles. The molecular weight excluding hydrogens is 284 g/mol. The zero-order valence-electron chi connectivity index (χ0n) is 11.6. The van der Waals surface area contributed by atoms with Crippen molar-refractivity contribution in [3.8, 4) is 22.4 Å². The Bertz CT molecular complexity index is 783. The van der Waals surface area contributed by atoms with Crippen LogP contribution in [0.25, 0.3) is 22.4 Å². The molecule has 0 amide bonds. The number of aromatic nitrogens is 1. The number of hydrogen-bond acceptors (Lipinski definition) is 2. The van der Waals surface area contributed by atoms with Crippen LogP contribution < -0.4 is 0 Å². The van der Waals surface area contributed by atoms with Crippen molar-refractivity contribution < 1.29 is 13.9 Å². The second-order valence-electron chi connectivity index (χ2n) is 4.90. The maximum absolute atomic E-state index is 13.0. The van der Waals surface area contributed by atoms with E-state index in [2.05, 4.69) is 4.98 Å². The lowest BCUT2D eigenvalue weighted by atomic mass is 10.00. The molecule has 22 heavy (non-hydrogen) atoms. The van der Waals surface area contributed by atoms with Crippen LogP contribution in [-0.2, 0) is 6.61 Å². The molecule has 110 valence electrons. The van der Waals surface area contributed by atoms with Gasteiger partial charge in [-0.05, 0) is 53.6 Å². The van der Waals surface area contributed by atoms with Crippen molar-refractivity contribution in [3.63, 3.8) is 0 Å². The molecule has 0 radical (unpaired) electrons. The van der Waals surface area contributed by atoms with Crippen LogP contribution in [0, 0.1) is 11.6 Å². The van der Waals surface area contributed by atoms with E-state index >= 15 is 0 Å². The standard InChI is InChI=1S/C18H13F2NO/c19-15-5-1-12(2-6-15)17-10-21-18(9-14(17)11-22)13-3-7-16(20)8-4-13/h1-10,22H,11H2. The first kappa shape index (κ1) is 14.4. The van der Waals surface area contributed by atoms with Crippen molar-refractivity contribution in [2.45, 2.75) is 6.61 Å². The van der Waals surface area contributed by atoms with Crippen molar-refractivity contribution in [1.29, 1.82) is 0 Å². The van der Waals surface area contributed by atoms with E-state index in [0.29, 0.717) is 11.3 Å². The van der Waals surface area contributed by atoms with Crippen LogP contribution in [0.1, 0.15) is 5.56 Å². The molecule has 0 fully saturated rings. The van der Waals surface area contributed by atoms with Crippen LogP contribution >= 0.6 is 0 Å². The maximum Gasteiger partial charge on any atom is 0.123 e. The lowest BCUT2D eigenvalue weighted by Gasteiger charge is -2.10. The van der Waals surface area contributed by atoms with Crippen LogP contribution in [-0.4, -0.2) is 10.1 Å². The predicted molar refractivity (Wildman–Crippen MR) is 80.9 cm³/mol. The highest BCUT2D eigenvalue weighted by Crippen LogP contribution is 2.27. The Morgan fingerprint density at radius 2 is 1.36 bits per heavy atom. The molecule has 0 unspecified atom stereocenters. The summed E-state index contributed by atoms with van der Waals surface area (Å²) in [5, 5.41) is 9.59. The molecule has 0 spiro atoms. The van der Waals surface area contributed by atoms with Crippen LogP contribution in [0.2, 0.25) is 0 Å². The number of halogens is 2. The second kappa shape index (κ2) is 6.03. The first-order chi connectivity index (χ1) is 10.7. The summed E-state index contributed by atoms with van der Waals surface area (Å²) in [4.78, 5) is 4.36. The Morgan fingerprint density at radius 3 is 1.91 bits per heavy atom. The van der Waals surface area contributed by atoms with Crippen molar-refractivity contribution in [2.75, 3.05) is 0 Å². The Kier molecular flexibility index (Phi) is 3.94. The van der Waals surface area contributed by atoms with Crippen molar-refractivity contribution >= 4 is 0 Å². The third-order valence-corrected chi connectivity index (χ3v) is 3.46. The first-order valence-corrected chi connectivity index (χ1v) is 6.79. The normalized spacial score (nSPS) is 10.7. The van der Waals surface area contributed by atoms with E-state index in [1.54, 1.807) is 36.5 Å². The molecule has 0 aliphatic carbocycles. The summed E-state index contributed by atoms with van der Waals surface area (Å²) in [5.41, 5.74) is 3.62. The van der Waals surface area contributed by atoms with E-state index in [1.807, 2.05) is 0 Å². The molecule has 3 rings (SSSR count).